The van der Waals surface area contributed by atoms with E-state index in [1.165, 1.54) is 26.0 Å². The molecule has 2 unspecified atom stereocenters. The number of hydrogen-bond donors (Lipinski definition) is 4. The smallest absolute Gasteiger partial charge is 0.341 e. The summed E-state index contributed by atoms with van der Waals surface area (Å²) >= 11 is 0. The van der Waals surface area contributed by atoms with Gasteiger partial charge >= 0.3 is 29.8 Å². The molecule has 11 atom stereocenters. The van der Waals surface area contributed by atoms with E-state index < -0.39 is 94.6 Å². The SMILES string of the molecule is CCCCC(=O)O[C@H]1C(OC(C)=O)/C(C)=C\[C@@H]2OC(=O)[C@@](C)(O)[C@@]2(O)C(OC(C)=O)[C@H]2[C@](C)(O)[C@H](O)C=C[C@]2(C)[C@H]1OC(C)=O. The predicted molar refractivity (Wildman–Crippen MR) is 153 cm³/mol. The van der Waals surface area contributed by atoms with Gasteiger partial charge in [-0.2, -0.15) is 0 Å². The molecule has 1 fully saturated rings. The summed E-state index contributed by atoms with van der Waals surface area (Å²) in [6, 6.07) is 0. The molecule has 1 aliphatic heterocycles. The number of unbranched alkanes of at least 4 members (excludes halogenated alkanes) is 1. The molecule has 14 heteroatoms. The summed E-state index contributed by atoms with van der Waals surface area (Å²) in [4.78, 5) is 64.1. The lowest BCUT2D eigenvalue weighted by Gasteiger charge is -2.57. The highest BCUT2D eigenvalue weighted by atomic mass is 16.6. The standard InChI is InChI=1S/C31H44O14/c1-9-10-11-21(36)45-23-22(41-16(3)32)15(2)14-20-31(40,30(8,39)27(37)44-20)26(43-18(5)34)24-28(6,25(23)42-17(4)33)13-12-19(35)29(24,7)38/h12-14,19-20,22-26,35,38-40H,9-11H2,1-8H3/b15-14-/t19-,20+,22?,23+,24-,25+,26?,28+,29-,30-,31+/m1/s1. The van der Waals surface area contributed by atoms with E-state index in [9.17, 15) is 44.4 Å². The van der Waals surface area contributed by atoms with Crippen LogP contribution in [0.15, 0.2) is 23.8 Å². The maximum absolute atomic E-state index is 13.2. The van der Waals surface area contributed by atoms with Crippen LogP contribution in [0.25, 0.3) is 0 Å². The Labute approximate surface area is 261 Å². The minimum Gasteiger partial charge on any atom is -0.459 e. The van der Waals surface area contributed by atoms with Gasteiger partial charge in [0.05, 0.1) is 5.60 Å². The average Bonchev–Trinajstić information content (AvgIpc) is 3.08. The van der Waals surface area contributed by atoms with Crippen molar-refractivity contribution in [2.45, 2.75) is 128 Å². The highest BCUT2D eigenvalue weighted by molar-refractivity contribution is 5.84. The number of ether oxygens (including phenoxy) is 5. The Morgan fingerprint density at radius 1 is 0.911 bits per heavy atom. The quantitative estimate of drug-likeness (QED) is 0.170. The molecule has 14 nitrogen and oxygen atoms in total. The Morgan fingerprint density at radius 3 is 2.00 bits per heavy atom. The van der Waals surface area contributed by atoms with Gasteiger partial charge in [0, 0.05) is 38.5 Å². The van der Waals surface area contributed by atoms with Gasteiger partial charge in [-0.15, -0.1) is 0 Å². The van der Waals surface area contributed by atoms with Crippen LogP contribution in [0.3, 0.4) is 0 Å². The number of aliphatic hydroxyl groups is 4. The molecular formula is C31H44O14. The zero-order valence-electron chi connectivity index (χ0n) is 26.8. The van der Waals surface area contributed by atoms with Crippen LogP contribution in [0.5, 0.6) is 0 Å². The first-order valence-corrected chi connectivity index (χ1v) is 14.8. The number of carbonyl (C=O) groups is 5. The first-order chi connectivity index (χ1) is 20.7. The molecule has 0 aromatic carbocycles. The zero-order valence-corrected chi connectivity index (χ0v) is 26.8. The molecule has 2 aliphatic carbocycles. The summed E-state index contributed by atoms with van der Waals surface area (Å²) in [5, 5.41) is 47.0. The highest BCUT2D eigenvalue weighted by Crippen LogP contribution is 2.56. The number of hydrogen-bond acceptors (Lipinski definition) is 14. The van der Waals surface area contributed by atoms with Crippen molar-refractivity contribution in [1.82, 2.24) is 0 Å². The van der Waals surface area contributed by atoms with Crippen LogP contribution in [0.2, 0.25) is 0 Å². The van der Waals surface area contributed by atoms with Crippen LogP contribution in [0.4, 0.5) is 0 Å². The first kappa shape index (κ1) is 36.1. The molecule has 3 aliphatic rings. The van der Waals surface area contributed by atoms with E-state index in [1.54, 1.807) is 0 Å². The number of rotatable bonds is 7. The normalized spacial score (nSPS) is 42.2. The monoisotopic (exact) mass is 640 g/mol. The van der Waals surface area contributed by atoms with Gasteiger partial charge in [0.2, 0.25) is 0 Å². The minimum absolute atomic E-state index is 0.0415. The van der Waals surface area contributed by atoms with Gasteiger partial charge in [-0.3, -0.25) is 19.2 Å². The van der Waals surface area contributed by atoms with Gasteiger partial charge in [0.25, 0.3) is 0 Å². The Morgan fingerprint density at radius 2 is 1.47 bits per heavy atom. The predicted octanol–water partition coefficient (Wildman–Crippen LogP) is 0.555. The molecule has 4 N–H and O–H groups in total. The fourth-order valence-electron chi connectivity index (χ4n) is 6.74. The number of esters is 5. The average molecular weight is 641 g/mol. The Bertz CT molecular complexity index is 1270. The van der Waals surface area contributed by atoms with Crippen LogP contribution < -0.4 is 0 Å². The fourth-order valence-corrected chi connectivity index (χ4v) is 6.74. The second kappa shape index (κ2) is 12.8. The van der Waals surface area contributed by atoms with Crippen molar-refractivity contribution in [2.75, 3.05) is 0 Å². The lowest BCUT2D eigenvalue weighted by Crippen LogP contribution is -2.74. The third kappa shape index (κ3) is 6.38. The minimum atomic E-state index is -2.86. The summed E-state index contributed by atoms with van der Waals surface area (Å²) in [5.74, 6) is -6.52. The molecule has 0 radical (unpaired) electrons. The van der Waals surface area contributed by atoms with Crippen LogP contribution in [0, 0.1) is 11.3 Å². The summed E-state index contributed by atoms with van der Waals surface area (Å²) in [6.07, 6.45) is -5.69. The van der Waals surface area contributed by atoms with Crippen molar-refractivity contribution in [1.29, 1.82) is 0 Å². The van der Waals surface area contributed by atoms with Crippen molar-refractivity contribution < 1.29 is 68.1 Å². The topological polar surface area (TPSA) is 212 Å². The number of carbonyl (C=O) groups excluding carboxylic acids is 5. The fraction of sp³-hybridized carbons (Fsp3) is 0.710. The molecule has 0 aromatic heterocycles. The maximum atomic E-state index is 13.2. The molecule has 1 saturated heterocycles. The van der Waals surface area contributed by atoms with Gasteiger partial charge < -0.3 is 44.1 Å². The third-order valence-electron chi connectivity index (χ3n) is 9.07. The molecule has 3 rings (SSSR count). The van der Waals surface area contributed by atoms with E-state index in [4.69, 9.17) is 23.7 Å². The van der Waals surface area contributed by atoms with Gasteiger partial charge in [0.1, 0.15) is 12.2 Å². The van der Waals surface area contributed by atoms with Crippen molar-refractivity contribution in [3.05, 3.63) is 23.8 Å². The van der Waals surface area contributed by atoms with Crippen molar-refractivity contribution >= 4 is 29.8 Å². The molecule has 0 bridgehead atoms. The van der Waals surface area contributed by atoms with E-state index >= 15 is 0 Å². The first-order valence-electron chi connectivity index (χ1n) is 14.8. The van der Waals surface area contributed by atoms with Crippen molar-refractivity contribution in [3.63, 3.8) is 0 Å². The molecule has 252 valence electrons. The van der Waals surface area contributed by atoms with Crippen LogP contribution in [-0.2, 0) is 47.7 Å². The molecule has 1 heterocycles. The van der Waals surface area contributed by atoms with Crippen LogP contribution in [0.1, 0.15) is 74.7 Å². The third-order valence-corrected chi connectivity index (χ3v) is 9.07. The second-order valence-electron chi connectivity index (χ2n) is 12.7. The Kier molecular flexibility index (Phi) is 10.3. The van der Waals surface area contributed by atoms with Crippen molar-refractivity contribution in [2.24, 2.45) is 11.3 Å². The summed E-state index contributed by atoms with van der Waals surface area (Å²) < 4.78 is 28.4. The van der Waals surface area contributed by atoms with E-state index in [0.717, 1.165) is 40.7 Å². The molecule has 0 spiro atoms. The van der Waals surface area contributed by atoms with Crippen LogP contribution in [-0.4, -0.2) is 104 Å². The highest BCUT2D eigenvalue weighted by Gasteiger charge is 2.75. The van der Waals surface area contributed by atoms with Gasteiger partial charge in [-0.1, -0.05) is 32.4 Å². The Hall–Kier alpha value is -3.33. The zero-order chi connectivity index (χ0) is 34.3. The molecule has 0 saturated carbocycles. The van der Waals surface area contributed by atoms with E-state index in [0.29, 0.717) is 12.8 Å². The van der Waals surface area contributed by atoms with Gasteiger partial charge in [0.15, 0.2) is 35.6 Å². The molecule has 45 heavy (non-hydrogen) atoms. The van der Waals surface area contributed by atoms with E-state index in [1.807, 2.05) is 6.92 Å². The lowest BCUT2D eigenvalue weighted by atomic mass is 9.53. The van der Waals surface area contributed by atoms with Gasteiger partial charge in [-0.25, -0.2) is 4.79 Å². The summed E-state index contributed by atoms with van der Waals surface area (Å²) in [7, 11) is 0. The molecule has 0 aromatic rings. The molecular weight excluding hydrogens is 596 g/mol. The molecule has 0 amide bonds. The van der Waals surface area contributed by atoms with E-state index in [-0.39, 0.29) is 12.0 Å². The summed E-state index contributed by atoms with van der Waals surface area (Å²) in [6.45, 7) is 9.92. The second-order valence-corrected chi connectivity index (χ2v) is 12.7. The van der Waals surface area contributed by atoms with Crippen molar-refractivity contribution in [3.8, 4) is 0 Å². The van der Waals surface area contributed by atoms with E-state index in [2.05, 4.69) is 0 Å². The largest absolute Gasteiger partial charge is 0.459 e. The van der Waals surface area contributed by atoms with Gasteiger partial charge in [-0.05, 0) is 38.8 Å². The number of fused-ring (bicyclic) bond motifs is 2. The summed E-state index contributed by atoms with van der Waals surface area (Å²) in [5.41, 5.74) is -9.81. The lowest BCUT2D eigenvalue weighted by molar-refractivity contribution is -0.264. The Balaban J connectivity index is 2.54. The number of aliphatic hydroxyl groups excluding tert-OH is 1. The van der Waals surface area contributed by atoms with Crippen LogP contribution >= 0.6 is 0 Å². The maximum Gasteiger partial charge on any atom is 0.341 e.